The predicted molar refractivity (Wildman–Crippen MR) is 73.0 cm³/mol. The molecule has 0 aromatic heterocycles. The van der Waals surface area contributed by atoms with Crippen molar-refractivity contribution in [3.05, 3.63) is 35.9 Å². The lowest BCUT2D eigenvalue weighted by atomic mass is 9.73. The zero-order chi connectivity index (χ0) is 13.4. The average Bonchev–Trinajstić information content (AvgIpc) is 2.46. The monoisotopic (exact) mass is 258 g/mol. The minimum atomic E-state index is -0.111. The molecule has 3 heteroatoms. The molecule has 3 atom stereocenters. The van der Waals surface area contributed by atoms with E-state index >= 15 is 0 Å². The fraction of sp³-hybridized carbons (Fsp3) is 0.438. The van der Waals surface area contributed by atoms with Gasteiger partial charge in [0.25, 0.3) is 0 Å². The standard InChI is InChI=1S/C16H18O3/c1-3-10-4-6-13-12-7-5-11(18-2)9-14(12)16(17)19-15(13)8-10/h3-4,6,8,11-12,14H,1,5,7,9H2,2H3. The fourth-order valence-electron chi connectivity index (χ4n) is 3.24. The van der Waals surface area contributed by atoms with E-state index in [9.17, 15) is 4.79 Å². The Hall–Kier alpha value is -1.61. The number of hydrogen-bond donors (Lipinski definition) is 0. The number of ether oxygens (including phenoxy) is 2. The molecule has 3 unspecified atom stereocenters. The summed E-state index contributed by atoms with van der Waals surface area (Å²) in [6.07, 6.45) is 4.71. The molecule has 2 aliphatic rings. The zero-order valence-electron chi connectivity index (χ0n) is 11.1. The molecule has 0 saturated heterocycles. The summed E-state index contributed by atoms with van der Waals surface area (Å²) in [4.78, 5) is 12.1. The minimum Gasteiger partial charge on any atom is -0.426 e. The quantitative estimate of drug-likeness (QED) is 0.604. The van der Waals surface area contributed by atoms with Crippen molar-refractivity contribution in [2.45, 2.75) is 31.3 Å². The van der Waals surface area contributed by atoms with E-state index in [-0.39, 0.29) is 23.9 Å². The Kier molecular flexibility index (Phi) is 3.15. The molecule has 1 saturated carbocycles. The van der Waals surface area contributed by atoms with E-state index in [1.807, 2.05) is 12.1 Å². The van der Waals surface area contributed by atoms with Gasteiger partial charge in [0.05, 0.1) is 12.0 Å². The van der Waals surface area contributed by atoms with Gasteiger partial charge in [-0.1, -0.05) is 24.8 Å². The lowest BCUT2D eigenvalue weighted by molar-refractivity contribution is -0.144. The largest absolute Gasteiger partial charge is 0.426 e. The molecule has 0 radical (unpaired) electrons. The van der Waals surface area contributed by atoms with Crippen molar-refractivity contribution in [2.24, 2.45) is 5.92 Å². The van der Waals surface area contributed by atoms with Crippen LogP contribution in [0.4, 0.5) is 0 Å². The Bertz CT molecular complexity index is 521. The van der Waals surface area contributed by atoms with Crippen molar-refractivity contribution in [1.29, 1.82) is 0 Å². The third-order valence-electron chi connectivity index (χ3n) is 4.32. The predicted octanol–water partition coefficient (Wildman–Crippen LogP) is 3.15. The van der Waals surface area contributed by atoms with Crippen molar-refractivity contribution in [2.75, 3.05) is 7.11 Å². The van der Waals surface area contributed by atoms with Gasteiger partial charge in [-0.3, -0.25) is 4.79 Å². The highest BCUT2D eigenvalue weighted by atomic mass is 16.5. The number of rotatable bonds is 2. The summed E-state index contributed by atoms with van der Waals surface area (Å²) in [6, 6.07) is 6.01. The second-order valence-corrected chi connectivity index (χ2v) is 5.31. The normalized spacial score (nSPS) is 29.1. The van der Waals surface area contributed by atoms with Crippen LogP contribution >= 0.6 is 0 Å². The summed E-state index contributed by atoms with van der Waals surface area (Å²) in [5.74, 6) is 0.822. The second kappa shape index (κ2) is 4.82. The molecule has 1 heterocycles. The van der Waals surface area contributed by atoms with Crippen LogP contribution in [-0.4, -0.2) is 19.2 Å². The number of carbonyl (C=O) groups excluding carboxylic acids is 1. The smallest absolute Gasteiger partial charge is 0.315 e. The molecular weight excluding hydrogens is 240 g/mol. The molecule has 1 aromatic carbocycles. The van der Waals surface area contributed by atoms with Gasteiger partial charge in [0.1, 0.15) is 5.75 Å². The van der Waals surface area contributed by atoms with Gasteiger partial charge in [-0.2, -0.15) is 0 Å². The first-order valence-electron chi connectivity index (χ1n) is 6.73. The summed E-state index contributed by atoms with van der Waals surface area (Å²) >= 11 is 0. The van der Waals surface area contributed by atoms with Gasteiger partial charge < -0.3 is 9.47 Å². The maximum absolute atomic E-state index is 12.1. The van der Waals surface area contributed by atoms with Crippen molar-refractivity contribution in [1.82, 2.24) is 0 Å². The Labute approximate surface area is 113 Å². The van der Waals surface area contributed by atoms with Crippen molar-refractivity contribution < 1.29 is 14.3 Å². The fourth-order valence-corrected chi connectivity index (χ4v) is 3.24. The van der Waals surface area contributed by atoms with E-state index in [0.717, 1.165) is 30.4 Å². The average molecular weight is 258 g/mol. The Morgan fingerprint density at radius 1 is 1.37 bits per heavy atom. The van der Waals surface area contributed by atoms with Gasteiger partial charge >= 0.3 is 5.97 Å². The first-order valence-corrected chi connectivity index (χ1v) is 6.73. The van der Waals surface area contributed by atoms with Crippen LogP contribution in [0.5, 0.6) is 5.75 Å². The SMILES string of the molecule is C=Cc1ccc2c(c1)OC(=O)C1CC(OC)CCC21. The Morgan fingerprint density at radius 3 is 2.95 bits per heavy atom. The van der Waals surface area contributed by atoms with Crippen molar-refractivity contribution in [3.8, 4) is 5.75 Å². The van der Waals surface area contributed by atoms with Crippen molar-refractivity contribution in [3.63, 3.8) is 0 Å². The maximum Gasteiger partial charge on any atom is 0.315 e. The molecule has 100 valence electrons. The lowest BCUT2D eigenvalue weighted by Gasteiger charge is -2.38. The molecule has 0 amide bonds. The summed E-state index contributed by atoms with van der Waals surface area (Å²) in [5, 5.41) is 0. The van der Waals surface area contributed by atoms with Gasteiger partial charge in [0.2, 0.25) is 0 Å². The van der Waals surface area contributed by atoms with E-state index in [2.05, 4.69) is 12.6 Å². The highest BCUT2D eigenvalue weighted by Crippen LogP contribution is 2.46. The number of carbonyl (C=O) groups is 1. The highest BCUT2D eigenvalue weighted by molar-refractivity contribution is 5.80. The van der Waals surface area contributed by atoms with E-state index in [4.69, 9.17) is 9.47 Å². The van der Waals surface area contributed by atoms with Crippen LogP contribution in [0, 0.1) is 5.92 Å². The molecule has 1 aliphatic heterocycles. The first-order chi connectivity index (χ1) is 9.22. The molecule has 1 fully saturated rings. The van der Waals surface area contributed by atoms with Crippen LogP contribution in [0.25, 0.3) is 6.08 Å². The van der Waals surface area contributed by atoms with E-state index in [1.165, 1.54) is 0 Å². The molecule has 0 spiro atoms. The van der Waals surface area contributed by atoms with Gasteiger partial charge in [0, 0.05) is 13.0 Å². The zero-order valence-corrected chi connectivity index (χ0v) is 11.1. The van der Waals surface area contributed by atoms with Crippen molar-refractivity contribution >= 4 is 12.0 Å². The maximum atomic E-state index is 12.1. The topological polar surface area (TPSA) is 35.5 Å². The lowest BCUT2D eigenvalue weighted by Crippen LogP contribution is -2.38. The summed E-state index contributed by atoms with van der Waals surface area (Å²) in [7, 11) is 1.71. The molecule has 1 aliphatic carbocycles. The Morgan fingerprint density at radius 2 is 2.21 bits per heavy atom. The molecular formula is C16H18O3. The molecule has 3 nitrogen and oxygen atoms in total. The molecule has 19 heavy (non-hydrogen) atoms. The molecule has 1 aromatic rings. The van der Waals surface area contributed by atoms with Crippen LogP contribution in [-0.2, 0) is 9.53 Å². The number of hydrogen-bond acceptors (Lipinski definition) is 3. The van der Waals surface area contributed by atoms with Crippen LogP contribution in [0.3, 0.4) is 0 Å². The van der Waals surface area contributed by atoms with Crippen LogP contribution in [0.2, 0.25) is 0 Å². The van der Waals surface area contributed by atoms with Crippen LogP contribution in [0.15, 0.2) is 24.8 Å². The first kappa shape index (κ1) is 12.4. The van der Waals surface area contributed by atoms with Gasteiger partial charge in [0.15, 0.2) is 0 Å². The number of esters is 1. The van der Waals surface area contributed by atoms with Gasteiger partial charge in [-0.05, 0) is 36.5 Å². The summed E-state index contributed by atoms with van der Waals surface area (Å²) in [6.45, 7) is 3.74. The molecule has 0 bridgehead atoms. The number of benzene rings is 1. The van der Waals surface area contributed by atoms with Gasteiger partial charge in [-0.15, -0.1) is 0 Å². The second-order valence-electron chi connectivity index (χ2n) is 5.31. The van der Waals surface area contributed by atoms with E-state index in [1.54, 1.807) is 13.2 Å². The molecule has 3 rings (SSSR count). The summed E-state index contributed by atoms with van der Waals surface area (Å²) in [5.41, 5.74) is 2.14. The van der Waals surface area contributed by atoms with Gasteiger partial charge in [-0.25, -0.2) is 0 Å². The number of methoxy groups -OCH3 is 1. The molecule has 0 N–H and O–H groups in total. The van der Waals surface area contributed by atoms with E-state index < -0.39 is 0 Å². The summed E-state index contributed by atoms with van der Waals surface area (Å²) < 4.78 is 10.9. The van der Waals surface area contributed by atoms with Crippen LogP contribution in [0.1, 0.15) is 36.3 Å². The number of fused-ring (bicyclic) bond motifs is 3. The van der Waals surface area contributed by atoms with Crippen LogP contribution < -0.4 is 4.74 Å². The highest BCUT2D eigenvalue weighted by Gasteiger charge is 2.41. The third kappa shape index (κ3) is 2.08. The third-order valence-corrected chi connectivity index (χ3v) is 4.32. The minimum absolute atomic E-state index is 0.0548. The van der Waals surface area contributed by atoms with E-state index in [0.29, 0.717) is 5.75 Å². The Balaban J connectivity index is 1.96.